The Bertz CT molecular complexity index is 629. The van der Waals surface area contributed by atoms with E-state index < -0.39 is 5.41 Å². The molecule has 5 nitrogen and oxygen atoms in total. The molecule has 0 spiro atoms. The average Bonchev–Trinajstić information content (AvgIpc) is 2.67. The molecule has 0 atom stereocenters. The molecule has 0 amide bonds. The van der Waals surface area contributed by atoms with Crippen molar-refractivity contribution < 1.29 is 9.53 Å². The normalized spacial score (nSPS) is 17.2. The van der Waals surface area contributed by atoms with Crippen molar-refractivity contribution in [2.75, 3.05) is 6.61 Å². The van der Waals surface area contributed by atoms with E-state index in [2.05, 4.69) is 9.97 Å². The van der Waals surface area contributed by atoms with Gasteiger partial charge in [0.15, 0.2) is 0 Å². The van der Waals surface area contributed by atoms with E-state index in [1.54, 1.807) is 12.4 Å². The van der Waals surface area contributed by atoms with Gasteiger partial charge in [0.25, 0.3) is 0 Å². The Morgan fingerprint density at radius 2 is 2.32 bits per heavy atom. The van der Waals surface area contributed by atoms with Gasteiger partial charge in [0.2, 0.25) is 0 Å². The van der Waals surface area contributed by atoms with Gasteiger partial charge in [-0.3, -0.25) is 9.78 Å². The van der Waals surface area contributed by atoms with Crippen LogP contribution in [0.15, 0.2) is 18.5 Å². The van der Waals surface area contributed by atoms with Gasteiger partial charge in [0, 0.05) is 13.2 Å². The van der Waals surface area contributed by atoms with Crippen LogP contribution >= 0.6 is 0 Å². The number of carbonyl (C=O) groups excluding carboxylic acids is 1. The Balaban J connectivity index is 2.11. The van der Waals surface area contributed by atoms with Crippen molar-refractivity contribution in [3.63, 3.8) is 0 Å². The number of imidazole rings is 1. The minimum absolute atomic E-state index is 0.146. The number of hydrogen-bond donors (Lipinski definition) is 0. The molecule has 0 N–H and O–H groups in total. The van der Waals surface area contributed by atoms with Gasteiger partial charge in [-0.15, -0.1) is 0 Å². The predicted octanol–water partition coefficient (Wildman–Crippen LogP) is 1.95. The minimum Gasteiger partial charge on any atom is -0.465 e. The third kappa shape index (κ3) is 1.64. The highest BCUT2D eigenvalue weighted by atomic mass is 16.5. The number of pyridine rings is 1. The lowest BCUT2D eigenvalue weighted by Gasteiger charge is -2.38. The first-order chi connectivity index (χ1) is 9.19. The molecule has 0 bridgehead atoms. The van der Waals surface area contributed by atoms with Gasteiger partial charge in [-0.25, -0.2) is 4.98 Å². The third-order valence-corrected chi connectivity index (χ3v) is 3.98. The molecule has 0 aromatic carbocycles. The zero-order valence-corrected chi connectivity index (χ0v) is 11.2. The average molecular weight is 259 g/mol. The molecule has 1 aliphatic carbocycles. The molecular formula is C14H17N3O2. The zero-order valence-electron chi connectivity index (χ0n) is 11.2. The van der Waals surface area contributed by atoms with E-state index in [9.17, 15) is 4.79 Å². The molecule has 2 aromatic heterocycles. The maximum Gasteiger partial charge on any atom is 0.319 e. The molecule has 1 fully saturated rings. The standard InChI is InChI=1S/C14H17N3O2/c1-3-19-13(18)14(6-4-7-14)12-16-10-5-8-15-9-11(10)17(12)2/h5,8-9H,3-4,6-7H2,1-2H3. The van der Waals surface area contributed by atoms with Crippen LogP contribution in [0.25, 0.3) is 11.0 Å². The Morgan fingerprint density at radius 3 is 2.89 bits per heavy atom. The van der Waals surface area contributed by atoms with Crippen molar-refractivity contribution in [3.8, 4) is 0 Å². The molecular weight excluding hydrogens is 242 g/mol. The van der Waals surface area contributed by atoms with Crippen molar-refractivity contribution in [2.24, 2.45) is 7.05 Å². The molecule has 0 aliphatic heterocycles. The number of aromatic nitrogens is 3. The fourth-order valence-corrected chi connectivity index (χ4v) is 2.78. The number of esters is 1. The lowest BCUT2D eigenvalue weighted by molar-refractivity contribution is -0.154. The molecule has 3 rings (SSSR count). The smallest absolute Gasteiger partial charge is 0.319 e. The zero-order chi connectivity index (χ0) is 13.5. The maximum atomic E-state index is 12.3. The molecule has 100 valence electrons. The summed E-state index contributed by atoms with van der Waals surface area (Å²) >= 11 is 0. The van der Waals surface area contributed by atoms with E-state index in [1.807, 2.05) is 24.6 Å². The monoisotopic (exact) mass is 259 g/mol. The van der Waals surface area contributed by atoms with Crippen LogP contribution in [0.5, 0.6) is 0 Å². The van der Waals surface area contributed by atoms with Crippen LogP contribution in [-0.4, -0.2) is 27.1 Å². The number of carbonyl (C=O) groups is 1. The highest BCUT2D eigenvalue weighted by molar-refractivity contribution is 5.85. The molecule has 2 aromatic rings. The summed E-state index contributed by atoms with van der Waals surface area (Å²) in [5.74, 6) is 0.660. The van der Waals surface area contributed by atoms with Gasteiger partial charge >= 0.3 is 5.97 Å². The first kappa shape index (κ1) is 12.1. The van der Waals surface area contributed by atoms with Crippen LogP contribution in [0.3, 0.4) is 0 Å². The highest BCUT2D eigenvalue weighted by Crippen LogP contribution is 2.44. The summed E-state index contributed by atoms with van der Waals surface area (Å²) in [7, 11) is 1.94. The van der Waals surface area contributed by atoms with Crippen molar-refractivity contribution in [2.45, 2.75) is 31.6 Å². The van der Waals surface area contributed by atoms with Crippen LogP contribution in [0.1, 0.15) is 32.0 Å². The van der Waals surface area contributed by atoms with E-state index in [1.165, 1.54) is 0 Å². The van der Waals surface area contributed by atoms with Crippen molar-refractivity contribution in [1.29, 1.82) is 0 Å². The second-order valence-corrected chi connectivity index (χ2v) is 5.01. The highest BCUT2D eigenvalue weighted by Gasteiger charge is 2.50. The Labute approximate surface area is 111 Å². The third-order valence-electron chi connectivity index (χ3n) is 3.98. The van der Waals surface area contributed by atoms with Crippen LogP contribution in [0.2, 0.25) is 0 Å². The summed E-state index contributed by atoms with van der Waals surface area (Å²) in [5.41, 5.74) is 1.28. The number of hydrogen-bond acceptors (Lipinski definition) is 4. The van der Waals surface area contributed by atoms with E-state index in [0.717, 1.165) is 36.1 Å². The van der Waals surface area contributed by atoms with E-state index in [0.29, 0.717) is 6.61 Å². The van der Waals surface area contributed by atoms with Crippen LogP contribution in [-0.2, 0) is 22.0 Å². The summed E-state index contributed by atoms with van der Waals surface area (Å²) in [4.78, 5) is 21.0. The second kappa shape index (κ2) is 4.33. The SMILES string of the molecule is CCOC(=O)C1(c2nc3ccncc3n2C)CCC1. The quantitative estimate of drug-likeness (QED) is 0.791. The summed E-state index contributed by atoms with van der Waals surface area (Å²) in [6.45, 7) is 2.25. The van der Waals surface area contributed by atoms with Gasteiger partial charge in [0.1, 0.15) is 11.2 Å². The van der Waals surface area contributed by atoms with E-state index in [-0.39, 0.29) is 5.97 Å². The molecule has 0 radical (unpaired) electrons. The van der Waals surface area contributed by atoms with Gasteiger partial charge in [0.05, 0.1) is 23.8 Å². The Kier molecular flexibility index (Phi) is 2.77. The summed E-state index contributed by atoms with van der Waals surface area (Å²) in [5, 5.41) is 0. The number of rotatable bonds is 3. The maximum absolute atomic E-state index is 12.3. The lowest BCUT2D eigenvalue weighted by atomic mass is 9.68. The lowest BCUT2D eigenvalue weighted by Crippen LogP contribution is -2.45. The topological polar surface area (TPSA) is 57.0 Å². The predicted molar refractivity (Wildman–Crippen MR) is 70.7 cm³/mol. The number of aryl methyl sites for hydroxylation is 1. The second-order valence-electron chi connectivity index (χ2n) is 5.01. The molecule has 2 heterocycles. The van der Waals surface area contributed by atoms with Crippen molar-refractivity contribution >= 4 is 17.0 Å². The fraction of sp³-hybridized carbons (Fsp3) is 0.500. The molecule has 19 heavy (non-hydrogen) atoms. The number of fused-ring (bicyclic) bond motifs is 1. The molecule has 1 aliphatic rings. The molecule has 1 saturated carbocycles. The van der Waals surface area contributed by atoms with Crippen LogP contribution in [0.4, 0.5) is 0 Å². The number of ether oxygens (including phenoxy) is 1. The van der Waals surface area contributed by atoms with Crippen LogP contribution in [0, 0.1) is 0 Å². The van der Waals surface area contributed by atoms with E-state index in [4.69, 9.17) is 4.74 Å². The minimum atomic E-state index is -0.552. The Morgan fingerprint density at radius 1 is 1.53 bits per heavy atom. The summed E-state index contributed by atoms with van der Waals surface area (Å²) < 4.78 is 7.22. The first-order valence-electron chi connectivity index (χ1n) is 6.63. The summed E-state index contributed by atoms with van der Waals surface area (Å²) in [6.07, 6.45) is 6.17. The molecule has 0 unspecified atom stereocenters. The first-order valence-corrected chi connectivity index (χ1v) is 6.63. The van der Waals surface area contributed by atoms with Crippen molar-refractivity contribution in [3.05, 3.63) is 24.3 Å². The van der Waals surface area contributed by atoms with Gasteiger partial charge in [-0.05, 0) is 25.8 Å². The van der Waals surface area contributed by atoms with E-state index >= 15 is 0 Å². The summed E-state index contributed by atoms with van der Waals surface area (Å²) in [6, 6.07) is 1.87. The molecule has 0 saturated heterocycles. The van der Waals surface area contributed by atoms with Crippen molar-refractivity contribution in [1.82, 2.24) is 14.5 Å². The van der Waals surface area contributed by atoms with Crippen LogP contribution < -0.4 is 0 Å². The number of nitrogens with zero attached hydrogens (tertiary/aromatic N) is 3. The largest absolute Gasteiger partial charge is 0.465 e. The van der Waals surface area contributed by atoms with Gasteiger partial charge in [-0.1, -0.05) is 6.42 Å². The Hall–Kier alpha value is -1.91. The van der Waals surface area contributed by atoms with Gasteiger partial charge < -0.3 is 9.30 Å². The van der Waals surface area contributed by atoms with Gasteiger partial charge in [-0.2, -0.15) is 0 Å². The molecule has 5 heteroatoms. The fourth-order valence-electron chi connectivity index (χ4n) is 2.78.